The number of nitrogens with zero attached hydrogens (tertiary/aromatic N) is 1. The Morgan fingerprint density at radius 1 is 1.80 bits per heavy atom. The minimum absolute atomic E-state index is 0.231. The van der Waals surface area contributed by atoms with Crippen molar-refractivity contribution in [3.8, 4) is 0 Å². The first-order valence-electron chi connectivity index (χ1n) is 2.63. The van der Waals surface area contributed by atoms with Crippen LogP contribution in [0.2, 0.25) is 0 Å². The van der Waals surface area contributed by atoms with Gasteiger partial charge in [-0.15, -0.1) is 0 Å². The van der Waals surface area contributed by atoms with Crippen molar-refractivity contribution >= 4 is 17.8 Å². The number of hydrogen-bond donors (Lipinski definition) is 1. The van der Waals surface area contributed by atoms with Crippen LogP contribution in [0.4, 0.5) is 4.79 Å². The number of carbonyl (C=O) groups excluding carboxylic acids is 1. The van der Waals surface area contributed by atoms with E-state index in [0.717, 1.165) is 0 Å². The Bertz CT molecular complexity index is 220. The molecule has 0 saturated heterocycles. The molecule has 5 heteroatoms. The molecule has 0 radical (unpaired) electrons. The predicted octanol–water partition coefficient (Wildman–Crippen LogP) is 0.0507. The van der Waals surface area contributed by atoms with Gasteiger partial charge in [-0.1, -0.05) is 0 Å². The normalized spacial score (nSPS) is 23.9. The molecule has 1 atom stereocenters. The molecule has 0 bridgehead atoms. The van der Waals surface area contributed by atoms with E-state index in [9.17, 15) is 9.59 Å². The third-order valence-electron chi connectivity index (χ3n) is 1.09. The van der Waals surface area contributed by atoms with Gasteiger partial charge in [0, 0.05) is 0 Å². The molecule has 1 unspecified atom stereocenters. The highest BCUT2D eigenvalue weighted by atomic mass is 16.6. The Morgan fingerprint density at radius 2 is 2.40 bits per heavy atom. The average molecular weight is 143 g/mol. The summed E-state index contributed by atoms with van der Waals surface area (Å²) in [6.07, 6.45) is -1.55. The number of amides is 1. The van der Waals surface area contributed by atoms with Crippen molar-refractivity contribution in [2.45, 2.75) is 13.0 Å². The maximum atomic E-state index is 10.3. The molecule has 0 saturated carbocycles. The Hall–Kier alpha value is -1.39. The van der Waals surface area contributed by atoms with E-state index in [1.165, 1.54) is 6.92 Å². The molecule has 0 spiro atoms. The summed E-state index contributed by atoms with van der Waals surface area (Å²) < 4.78 is 4.41. The van der Waals surface area contributed by atoms with E-state index in [0.29, 0.717) is 0 Å². The summed E-state index contributed by atoms with van der Waals surface area (Å²) in [5, 5.41) is 8.34. The molecule has 0 aromatic heterocycles. The van der Waals surface area contributed by atoms with Gasteiger partial charge < -0.3 is 9.84 Å². The molecule has 1 aliphatic heterocycles. The lowest BCUT2D eigenvalue weighted by Gasteiger charge is -1.98. The molecule has 0 aromatic carbocycles. The second-order valence-electron chi connectivity index (χ2n) is 1.83. The Morgan fingerprint density at radius 3 is 2.60 bits per heavy atom. The van der Waals surface area contributed by atoms with Gasteiger partial charge in [0.05, 0.1) is 0 Å². The lowest BCUT2D eigenvalue weighted by Crippen LogP contribution is -2.22. The monoisotopic (exact) mass is 143 g/mol. The molecule has 10 heavy (non-hydrogen) atoms. The largest absolute Gasteiger partial charge is 0.477 e. The fourth-order valence-electron chi connectivity index (χ4n) is 0.644. The number of hydrogen-bond acceptors (Lipinski definition) is 3. The van der Waals surface area contributed by atoms with Crippen LogP contribution in [0.5, 0.6) is 0 Å². The van der Waals surface area contributed by atoms with Gasteiger partial charge in [0.15, 0.2) is 11.8 Å². The van der Waals surface area contributed by atoms with Crippen molar-refractivity contribution in [2.24, 2.45) is 4.99 Å². The Kier molecular flexibility index (Phi) is 1.41. The molecular weight excluding hydrogens is 138 g/mol. The van der Waals surface area contributed by atoms with Gasteiger partial charge in [0.25, 0.3) is 0 Å². The highest BCUT2D eigenvalue weighted by molar-refractivity contribution is 6.40. The van der Waals surface area contributed by atoms with E-state index < -0.39 is 18.2 Å². The van der Waals surface area contributed by atoms with Crippen molar-refractivity contribution in [1.29, 1.82) is 0 Å². The predicted molar refractivity (Wildman–Crippen MR) is 31.0 cm³/mol. The fraction of sp³-hybridized carbons (Fsp3) is 0.400. The van der Waals surface area contributed by atoms with E-state index in [1.54, 1.807) is 0 Å². The second kappa shape index (κ2) is 2.09. The van der Waals surface area contributed by atoms with Crippen LogP contribution >= 0.6 is 0 Å². The lowest BCUT2D eigenvalue weighted by atomic mass is 10.2. The average Bonchev–Trinajstić information content (AvgIpc) is 2.10. The number of aliphatic carboxylic acids is 1. The van der Waals surface area contributed by atoms with Crippen molar-refractivity contribution in [1.82, 2.24) is 0 Å². The van der Waals surface area contributed by atoms with Crippen LogP contribution in [0.25, 0.3) is 0 Å². The van der Waals surface area contributed by atoms with Crippen molar-refractivity contribution in [2.75, 3.05) is 0 Å². The highest BCUT2D eigenvalue weighted by Crippen LogP contribution is 2.06. The second-order valence-corrected chi connectivity index (χ2v) is 1.83. The van der Waals surface area contributed by atoms with Gasteiger partial charge >= 0.3 is 12.1 Å². The smallest absolute Gasteiger partial charge is 0.434 e. The number of rotatable bonds is 1. The van der Waals surface area contributed by atoms with Crippen LogP contribution < -0.4 is 0 Å². The molecule has 0 aliphatic carbocycles. The molecule has 1 heterocycles. The maximum absolute atomic E-state index is 10.3. The number of aliphatic imine (C=N–C) groups is 1. The molecule has 0 fully saturated rings. The van der Waals surface area contributed by atoms with Gasteiger partial charge in [0.1, 0.15) is 0 Å². The Balaban J connectivity index is 2.85. The third kappa shape index (κ3) is 0.975. The van der Waals surface area contributed by atoms with Crippen LogP contribution in [-0.4, -0.2) is 29.0 Å². The van der Waals surface area contributed by atoms with Gasteiger partial charge in [-0.05, 0) is 6.92 Å². The Labute approximate surface area is 56.3 Å². The first-order chi connectivity index (χ1) is 4.61. The van der Waals surface area contributed by atoms with Crippen LogP contribution in [0, 0.1) is 0 Å². The molecule has 0 aromatic rings. The van der Waals surface area contributed by atoms with Crippen LogP contribution in [0.15, 0.2) is 4.99 Å². The molecule has 1 amide bonds. The van der Waals surface area contributed by atoms with E-state index in [-0.39, 0.29) is 5.71 Å². The number of ether oxygens (including phenoxy) is 1. The summed E-state index contributed by atoms with van der Waals surface area (Å²) >= 11 is 0. The fourth-order valence-corrected chi connectivity index (χ4v) is 0.644. The number of carboxylic acids is 1. The van der Waals surface area contributed by atoms with E-state index in [1.807, 2.05) is 0 Å². The standard InChI is InChI=1S/C5H5NO4/c1-2-3(4(7)8)6-5(9)10-2/h2H,1H3,(H,7,8). The highest BCUT2D eigenvalue weighted by Gasteiger charge is 2.28. The lowest BCUT2D eigenvalue weighted by molar-refractivity contribution is -0.129. The number of cyclic esters (lactones) is 1. The maximum Gasteiger partial charge on any atom is 0.434 e. The SMILES string of the molecule is CC1OC(=O)N=C1C(=O)O. The van der Waals surface area contributed by atoms with Crippen molar-refractivity contribution in [3.63, 3.8) is 0 Å². The van der Waals surface area contributed by atoms with Crippen LogP contribution in [0.1, 0.15) is 6.92 Å². The zero-order valence-electron chi connectivity index (χ0n) is 5.20. The molecule has 54 valence electrons. The van der Waals surface area contributed by atoms with Gasteiger partial charge in [-0.2, -0.15) is 4.99 Å². The minimum Gasteiger partial charge on any atom is -0.477 e. The van der Waals surface area contributed by atoms with E-state index in [2.05, 4.69) is 9.73 Å². The van der Waals surface area contributed by atoms with Gasteiger partial charge in [-0.3, -0.25) is 0 Å². The summed E-state index contributed by atoms with van der Waals surface area (Å²) in [7, 11) is 0. The molecule has 1 rings (SSSR count). The summed E-state index contributed by atoms with van der Waals surface area (Å²) in [5.41, 5.74) is -0.231. The van der Waals surface area contributed by atoms with E-state index in [4.69, 9.17) is 5.11 Å². The van der Waals surface area contributed by atoms with Gasteiger partial charge in [-0.25, -0.2) is 9.59 Å². The summed E-state index contributed by atoms with van der Waals surface area (Å²) in [6, 6.07) is 0. The third-order valence-corrected chi connectivity index (χ3v) is 1.09. The summed E-state index contributed by atoms with van der Waals surface area (Å²) in [5.74, 6) is -1.21. The molecule has 1 aliphatic rings. The minimum atomic E-state index is -1.21. The van der Waals surface area contributed by atoms with Gasteiger partial charge in [0.2, 0.25) is 0 Å². The molecule has 5 nitrogen and oxygen atoms in total. The first kappa shape index (κ1) is 6.73. The topological polar surface area (TPSA) is 76.0 Å². The zero-order valence-corrected chi connectivity index (χ0v) is 5.20. The van der Waals surface area contributed by atoms with E-state index >= 15 is 0 Å². The van der Waals surface area contributed by atoms with Crippen LogP contribution in [0.3, 0.4) is 0 Å². The van der Waals surface area contributed by atoms with Crippen LogP contribution in [-0.2, 0) is 9.53 Å². The quantitative estimate of drug-likeness (QED) is 0.562. The zero-order chi connectivity index (χ0) is 7.72. The summed E-state index contributed by atoms with van der Waals surface area (Å²) in [6.45, 7) is 1.46. The first-order valence-corrected chi connectivity index (χ1v) is 2.63. The molecule has 1 N–H and O–H groups in total. The number of carboxylic acid groups (broad SMARTS) is 1. The summed E-state index contributed by atoms with van der Waals surface area (Å²) in [4.78, 5) is 23.6. The van der Waals surface area contributed by atoms with Crippen molar-refractivity contribution in [3.05, 3.63) is 0 Å². The van der Waals surface area contributed by atoms with Crippen molar-refractivity contribution < 1.29 is 19.4 Å². The number of carbonyl (C=O) groups is 2. The molecular formula is C5H5NO4.